The zero-order valence-electron chi connectivity index (χ0n) is 11.5. The summed E-state index contributed by atoms with van der Waals surface area (Å²) in [5, 5.41) is 14.7. The predicted molar refractivity (Wildman–Crippen MR) is 86.7 cm³/mol. The highest BCUT2D eigenvalue weighted by molar-refractivity contribution is 14.1. The number of halogens is 1. The maximum atomic E-state index is 11.8. The molecule has 0 radical (unpaired) electrons. The van der Waals surface area contributed by atoms with Crippen molar-refractivity contribution in [2.24, 2.45) is 5.92 Å². The average molecular weight is 390 g/mol. The van der Waals surface area contributed by atoms with Gasteiger partial charge < -0.3 is 10.4 Å². The van der Waals surface area contributed by atoms with Gasteiger partial charge in [-0.3, -0.25) is 14.9 Å². The smallest absolute Gasteiger partial charge is 0.320 e. The highest BCUT2D eigenvalue weighted by Gasteiger charge is 2.23. The van der Waals surface area contributed by atoms with Gasteiger partial charge in [-0.1, -0.05) is 32.4 Å². The molecule has 0 aliphatic rings. The van der Waals surface area contributed by atoms with Crippen LogP contribution in [0.15, 0.2) is 24.3 Å². The Kier molecular flexibility index (Phi) is 6.94. The highest BCUT2D eigenvalue weighted by Crippen LogP contribution is 2.16. The van der Waals surface area contributed by atoms with E-state index in [1.165, 1.54) is 0 Å². The molecule has 0 unspecified atom stereocenters. The van der Waals surface area contributed by atoms with Crippen molar-refractivity contribution in [2.75, 3.05) is 11.9 Å². The van der Waals surface area contributed by atoms with E-state index in [4.69, 9.17) is 5.11 Å². The second kappa shape index (κ2) is 8.21. The summed E-state index contributed by atoms with van der Waals surface area (Å²) in [7, 11) is 0. The van der Waals surface area contributed by atoms with Gasteiger partial charge in [-0.25, -0.2) is 0 Å². The van der Waals surface area contributed by atoms with Crippen LogP contribution >= 0.6 is 22.6 Å². The Morgan fingerprint density at radius 3 is 2.55 bits per heavy atom. The second-order valence-corrected chi connectivity index (χ2v) is 5.77. The number of carboxylic acid groups (broad SMARTS) is 1. The number of amides is 1. The lowest BCUT2D eigenvalue weighted by Gasteiger charge is -2.20. The number of hydrogen-bond acceptors (Lipinski definition) is 3. The molecule has 1 rings (SSSR count). The molecule has 0 aliphatic heterocycles. The summed E-state index contributed by atoms with van der Waals surface area (Å²) in [4.78, 5) is 23.0. The van der Waals surface area contributed by atoms with Crippen LogP contribution in [0.3, 0.4) is 0 Å². The van der Waals surface area contributed by atoms with Crippen molar-refractivity contribution in [3.05, 3.63) is 27.8 Å². The lowest BCUT2D eigenvalue weighted by molar-refractivity contribution is -0.140. The number of benzene rings is 1. The molecular weight excluding hydrogens is 371 g/mol. The van der Waals surface area contributed by atoms with Gasteiger partial charge in [-0.2, -0.15) is 0 Å². The van der Waals surface area contributed by atoms with Crippen molar-refractivity contribution in [3.63, 3.8) is 0 Å². The minimum absolute atomic E-state index is 0.0215. The second-order valence-electron chi connectivity index (χ2n) is 4.61. The van der Waals surface area contributed by atoms with E-state index in [1.807, 2.05) is 38.1 Å². The molecule has 1 aromatic carbocycles. The normalized spacial score (nSPS) is 13.6. The molecule has 0 aliphatic carbocycles. The Balaban J connectivity index is 2.54. The van der Waals surface area contributed by atoms with Gasteiger partial charge in [0.1, 0.15) is 6.04 Å². The Morgan fingerprint density at radius 1 is 1.35 bits per heavy atom. The first-order valence-corrected chi connectivity index (χ1v) is 7.54. The fourth-order valence-corrected chi connectivity index (χ4v) is 2.25. The first-order chi connectivity index (χ1) is 9.45. The molecule has 110 valence electrons. The van der Waals surface area contributed by atoms with Crippen molar-refractivity contribution in [2.45, 2.75) is 26.3 Å². The van der Waals surface area contributed by atoms with E-state index in [0.717, 1.165) is 15.7 Å². The summed E-state index contributed by atoms with van der Waals surface area (Å²) in [5.41, 5.74) is 0.732. The molecule has 0 bridgehead atoms. The molecule has 20 heavy (non-hydrogen) atoms. The SMILES string of the molecule is CC[C@H](C)[C@H](NCC(=O)Nc1ccccc1I)C(=O)O. The van der Waals surface area contributed by atoms with E-state index >= 15 is 0 Å². The van der Waals surface area contributed by atoms with E-state index in [-0.39, 0.29) is 18.4 Å². The molecule has 0 aromatic heterocycles. The van der Waals surface area contributed by atoms with Gasteiger partial charge in [0.2, 0.25) is 5.91 Å². The Morgan fingerprint density at radius 2 is 2.00 bits per heavy atom. The third kappa shape index (κ3) is 5.09. The van der Waals surface area contributed by atoms with Gasteiger partial charge in [-0.05, 0) is 40.6 Å². The predicted octanol–water partition coefficient (Wildman–Crippen LogP) is 2.32. The third-order valence-corrected chi connectivity index (χ3v) is 4.05. The van der Waals surface area contributed by atoms with Gasteiger partial charge in [-0.15, -0.1) is 0 Å². The number of carbonyl (C=O) groups is 2. The molecule has 0 saturated carbocycles. The summed E-state index contributed by atoms with van der Waals surface area (Å²) in [6.45, 7) is 3.75. The number of aliphatic carboxylic acids is 1. The van der Waals surface area contributed by atoms with Crippen LogP contribution in [0, 0.1) is 9.49 Å². The maximum absolute atomic E-state index is 11.8. The van der Waals surface area contributed by atoms with E-state index < -0.39 is 12.0 Å². The van der Waals surface area contributed by atoms with Crippen LogP contribution < -0.4 is 10.6 Å². The van der Waals surface area contributed by atoms with Gasteiger partial charge in [0, 0.05) is 3.57 Å². The minimum Gasteiger partial charge on any atom is -0.480 e. The molecule has 0 heterocycles. The Hall–Kier alpha value is -1.15. The minimum atomic E-state index is -0.929. The zero-order valence-corrected chi connectivity index (χ0v) is 13.7. The summed E-state index contributed by atoms with van der Waals surface area (Å²) in [5.74, 6) is -1.21. The quantitative estimate of drug-likeness (QED) is 0.625. The van der Waals surface area contributed by atoms with Crippen molar-refractivity contribution in [3.8, 4) is 0 Å². The van der Waals surface area contributed by atoms with E-state index in [0.29, 0.717) is 0 Å². The molecule has 0 saturated heterocycles. The van der Waals surface area contributed by atoms with E-state index in [9.17, 15) is 9.59 Å². The summed E-state index contributed by atoms with van der Waals surface area (Å²) in [6.07, 6.45) is 0.738. The lowest BCUT2D eigenvalue weighted by atomic mass is 9.99. The molecule has 1 amide bonds. The maximum Gasteiger partial charge on any atom is 0.320 e. The first-order valence-electron chi connectivity index (χ1n) is 6.46. The molecule has 0 spiro atoms. The fourth-order valence-electron chi connectivity index (χ4n) is 1.73. The van der Waals surface area contributed by atoms with Gasteiger partial charge in [0.05, 0.1) is 12.2 Å². The lowest BCUT2D eigenvalue weighted by Crippen LogP contribution is -2.45. The number of anilines is 1. The Bertz CT molecular complexity index is 479. The van der Waals surface area contributed by atoms with E-state index in [1.54, 1.807) is 0 Å². The molecule has 3 N–H and O–H groups in total. The molecule has 2 atom stereocenters. The summed E-state index contributed by atoms with van der Waals surface area (Å²) < 4.78 is 0.940. The van der Waals surface area contributed by atoms with Crippen molar-refractivity contribution in [1.29, 1.82) is 0 Å². The standard InChI is InChI=1S/C14H19IN2O3/c1-3-9(2)13(14(19)20)16-8-12(18)17-11-7-5-4-6-10(11)15/h4-7,9,13,16H,3,8H2,1-2H3,(H,17,18)(H,19,20)/t9-,13-/m0/s1. The molecule has 1 aromatic rings. The zero-order chi connectivity index (χ0) is 15.1. The first kappa shape index (κ1) is 16.9. The topological polar surface area (TPSA) is 78.4 Å². The number of rotatable bonds is 7. The number of carboxylic acids is 1. The number of para-hydroxylation sites is 1. The van der Waals surface area contributed by atoms with Crippen molar-refractivity contribution >= 4 is 40.2 Å². The highest BCUT2D eigenvalue weighted by atomic mass is 127. The largest absolute Gasteiger partial charge is 0.480 e. The Labute approximate surface area is 132 Å². The van der Waals surface area contributed by atoms with Crippen LogP contribution in [0.4, 0.5) is 5.69 Å². The summed E-state index contributed by atoms with van der Waals surface area (Å²) >= 11 is 2.13. The van der Waals surface area contributed by atoms with E-state index in [2.05, 4.69) is 33.2 Å². The number of carbonyl (C=O) groups excluding carboxylic acids is 1. The van der Waals surface area contributed by atoms with Gasteiger partial charge >= 0.3 is 5.97 Å². The molecule has 6 heteroatoms. The number of nitrogens with one attached hydrogen (secondary N) is 2. The van der Waals surface area contributed by atoms with Crippen LogP contribution in [0.25, 0.3) is 0 Å². The van der Waals surface area contributed by atoms with Crippen LogP contribution in [-0.4, -0.2) is 29.6 Å². The van der Waals surface area contributed by atoms with Crippen LogP contribution in [-0.2, 0) is 9.59 Å². The van der Waals surface area contributed by atoms with Crippen molar-refractivity contribution in [1.82, 2.24) is 5.32 Å². The summed E-state index contributed by atoms with van der Waals surface area (Å²) in [6, 6.07) is 6.72. The van der Waals surface area contributed by atoms with Crippen LogP contribution in [0.1, 0.15) is 20.3 Å². The fraction of sp³-hybridized carbons (Fsp3) is 0.429. The monoisotopic (exact) mass is 390 g/mol. The van der Waals surface area contributed by atoms with Crippen LogP contribution in [0.5, 0.6) is 0 Å². The van der Waals surface area contributed by atoms with Gasteiger partial charge in [0.25, 0.3) is 0 Å². The molecular formula is C14H19IN2O3. The molecule has 0 fully saturated rings. The third-order valence-electron chi connectivity index (χ3n) is 3.11. The van der Waals surface area contributed by atoms with Gasteiger partial charge in [0.15, 0.2) is 0 Å². The van der Waals surface area contributed by atoms with Crippen LogP contribution in [0.2, 0.25) is 0 Å². The average Bonchev–Trinajstić information content (AvgIpc) is 2.41. The molecule has 5 nitrogen and oxygen atoms in total. The number of hydrogen-bond donors (Lipinski definition) is 3. The van der Waals surface area contributed by atoms with Crippen molar-refractivity contribution < 1.29 is 14.7 Å².